The fourth-order valence-corrected chi connectivity index (χ4v) is 1.44. The molecule has 0 aliphatic rings. The maximum absolute atomic E-state index is 11.4. The molecule has 104 valence electrons. The molecule has 0 atom stereocenters. The Bertz CT molecular complexity index is 404. The Morgan fingerprint density at radius 1 is 1.16 bits per heavy atom. The van der Waals surface area contributed by atoms with E-state index >= 15 is 0 Å². The van der Waals surface area contributed by atoms with Gasteiger partial charge in [0.25, 0.3) is 0 Å². The number of amides is 2. The molecule has 0 spiro atoms. The van der Waals surface area contributed by atoms with Crippen LogP contribution in [0.2, 0.25) is 0 Å². The first-order chi connectivity index (χ1) is 9.08. The van der Waals surface area contributed by atoms with Gasteiger partial charge in [-0.2, -0.15) is 0 Å². The van der Waals surface area contributed by atoms with Gasteiger partial charge in [-0.05, 0) is 19.4 Å². The molecule has 0 aliphatic carbocycles. The van der Waals surface area contributed by atoms with E-state index in [9.17, 15) is 9.59 Å². The minimum atomic E-state index is -0.307. The second-order valence-corrected chi connectivity index (χ2v) is 4.38. The number of benzene rings is 1. The first-order valence-electron chi connectivity index (χ1n) is 6.33. The van der Waals surface area contributed by atoms with Crippen molar-refractivity contribution in [2.24, 2.45) is 0 Å². The van der Waals surface area contributed by atoms with Crippen LogP contribution in [0.1, 0.15) is 25.8 Å². The molecule has 1 rings (SSSR count). The Hall–Kier alpha value is -2.04. The Morgan fingerprint density at radius 3 is 2.47 bits per heavy atom. The van der Waals surface area contributed by atoms with Crippen LogP contribution in [0.25, 0.3) is 0 Å². The molecule has 0 radical (unpaired) electrons. The van der Waals surface area contributed by atoms with Crippen molar-refractivity contribution in [2.45, 2.75) is 32.9 Å². The van der Waals surface area contributed by atoms with E-state index in [0.717, 1.165) is 5.56 Å². The molecule has 0 aromatic heterocycles. The largest absolute Gasteiger partial charge is 0.463 e. The van der Waals surface area contributed by atoms with Crippen molar-refractivity contribution >= 4 is 12.0 Å². The zero-order valence-corrected chi connectivity index (χ0v) is 11.3. The summed E-state index contributed by atoms with van der Waals surface area (Å²) >= 11 is 0. The van der Waals surface area contributed by atoms with Crippen LogP contribution in [-0.4, -0.2) is 24.6 Å². The standard InChI is InChI=1S/C14H20N2O3/c1-11(2)19-13(17)8-9-15-14(18)16-10-12-6-4-3-5-7-12/h3-7,11H,8-10H2,1-2H3,(H2,15,16,18). The third-order valence-corrected chi connectivity index (χ3v) is 2.28. The Balaban J connectivity index is 2.13. The van der Waals surface area contributed by atoms with Crippen LogP contribution in [-0.2, 0) is 16.1 Å². The van der Waals surface area contributed by atoms with Gasteiger partial charge in [0.05, 0.1) is 12.5 Å². The van der Waals surface area contributed by atoms with Crippen LogP contribution in [0.4, 0.5) is 4.79 Å². The van der Waals surface area contributed by atoms with Gasteiger partial charge in [0.1, 0.15) is 0 Å². The summed E-state index contributed by atoms with van der Waals surface area (Å²) in [6, 6.07) is 9.32. The number of hydrogen-bond acceptors (Lipinski definition) is 3. The molecule has 0 aliphatic heterocycles. The van der Waals surface area contributed by atoms with Gasteiger partial charge in [0.2, 0.25) is 0 Å². The molecule has 2 N–H and O–H groups in total. The van der Waals surface area contributed by atoms with Crippen molar-refractivity contribution in [3.8, 4) is 0 Å². The normalized spacial score (nSPS) is 10.1. The summed E-state index contributed by atoms with van der Waals surface area (Å²) in [6.07, 6.45) is 0.0520. The van der Waals surface area contributed by atoms with E-state index in [1.165, 1.54) is 0 Å². The van der Waals surface area contributed by atoms with Gasteiger partial charge in [-0.1, -0.05) is 30.3 Å². The monoisotopic (exact) mass is 264 g/mol. The molecule has 0 saturated heterocycles. The lowest BCUT2D eigenvalue weighted by Crippen LogP contribution is -2.36. The molecule has 0 saturated carbocycles. The highest BCUT2D eigenvalue weighted by Gasteiger charge is 2.06. The highest BCUT2D eigenvalue weighted by atomic mass is 16.5. The van der Waals surface area contributed by atoms with Crippen LogP contribution in [0.5, 0.6) is 0 Å². The SMILES string of the molecule is CC(C)OC(=O)CCNC(=O)NCc1ccccc1. The fourth-order valence-electron chi connectivity index (χ4n) is 1.44. The molecule has 0 heterocycles. The molecule has 1 aromatic carbocycles. The third kappa shape index (κ3) is 7.08. The summed E-state index contributed by atoms with van der Waals surface area (Å²) in [7, 11) is 0. The predicted octanol–water partition coefficient (Wildman–Crippen LogP) is 1.83. The van der Waals surface area contributed by atoms with Gasteiger partial charge < -0.3 is 15.4 Å². The molecular weight excluding hydrogens is 244 g/mol. The van der Waals surface area contributed by atoms with Crippen LogP contribution < -0.4 is 10.6 Å². The number of hydrogen-bond donors (Lipinski definition) is 2. The molecule has 0 fully saturated rings. The molecular formula is C14H20N2O3. The Kier molecular flexibility index (Phi) is 6.43. The van der Waals surface area contributed by atoms with Gasteiger partial charge in [-0.15, -0.1) is 0 Å². The zero-order chi connectivity index (χ0) is 14.1. The third-order valence-electron chi connectivity index (χ3n) is 2.28. The summed E-state index contributed by atoms with van der Waals surface area (Å²) in [5, 5.41) is 5.32. The maximum Gasteiger partial charge on any atom is 0.315 e. The molecule has 0 unspecified atom stereocenters. The summed E-state index contributed by atoms with van der Waals surface area (Å²) in [5.74, 6) is -0.307. The lowest BCUT2D eigenvalue weighted by molar-refractivity contribution is -0.147. The highest BCUT2D eigenvalue weighted by molar-refractivity contribution is 5.75. The molecule has 5 heteroatoms. The van der Waals surface area contributed by atoms with Crippen LogP contribution in [0.15, 0.2) is 30.3 Å². The number of urea groups is 1. The summed E-state index contributed by atoms with van der Waals surface area (Å²) in [4.78, 5) is 22.7. The van der Waals surface area contributed by atoms with E-state index in [4.69, 9.17) is 4.74 Å². The first-order valence-corrected chi connectivity index (χ1v) is 6.33. The van der Waals surface area contributed by atoms with Gasteiger partial charge in [0.15, 0.2) is 0 Å². The topological polar surface area (TPSA) is 67.4 Å². The van der Waals surface area contributed by atoms with Crippen molar-refractivity contribution in [3.63, 3.8) is 0 Å². The molecule has 1 aromatic rings. The van der Waals surface area contributed by atoms with E-state index in [1.54, 1.807) is 13.8 Å². The van der Waals surface area contributed by atoms with Crippen LogP contribution in [0, 0.1) is 0 Å². The molecule has 2 amide bonds. The van der Waals surface area contributed by atoms with E-state index in [0.29, 0.717) is 6.54 Å². The Morgan fingerprint density at radius 2 is 1.84 bits per heavy atom. The second-order valence-electron chi connectivity index (χ2n) is 4.38. The lowest BCUT2D eigenvalue weighted by atomic mass is 10.2. The quantitative estimate of drug-likeness (QED) is 0.770. The van der Waals surface area contributed by atoms with Gasteiger partial charge in [-0.25, -0.2) is 4.79 Å². The number of carbonyl (C=O) groups excluding carboxylic acids is 2. The zero-order valence-electron chi connectivity index (χ0n) is 11.3. The average Bonchev–Trinajstić information content (AvgIpc) is 2.36. The molecule has 0 bridgehead atoms. The van der Waals surface area contributed by atoms with Crippen LogP contribution >= 0.6 is 0 Å². The average molecular weight is 264 g/mol. The summed E-state index contributed by atoms with van der Waals surface area (Å²) < 4.78 is 4.95. The molecule has 19 heavy (non-hydrogen) atoms. The van der Waals surface area contributed by atoms with Gasteiger partial charge in [0, 0.05) is 13.1 Å². The number of ether oxygens (including phenoxy) is 1. The van der Waals surface area contributed by atoms with E-state index in [-0.39, 0.29) is 31.1 Å². The van der Waals surface area contributed by atoms with Gasteiger partial charge in [-0.3, -0.25) is 4.79 Å². The van der Waals surface area contributed by atoms with Crippen molar-refractivity contribution in [1.29, 1.82) is 0 Å². The highest BCUT2D eigenvalue weighted by Crippen LogP contribution is 1.97. The predicted molar refractivity (Wildman–Crippen MR) is 72.5 cm³/mol. The lowest BCUT2D eigenvalue weighted by Gasteiger charge is -2.09. The van der Waals surface area contributed by atoms with E-state index < -0.39 is 0 Å². The first kappa shape index (κ1) is 15.0. The van der Waals surface area contributed by atoms with Crippen molar-refractivity contribution in [1.82, 2.24) is 10.6 Å². The number of carbonyl (C=O) groups is 2. The van der Waals surface area contributed by atoms with Crippen molar-refractivity contribution < 1.29 is 14.3 Å². The van der Waals surface area contributed by atoms with Crippen molar-refractivity contribution in [3.05, 3.63) is 35.9 Å². The number of esters is 1. The fraction of sp³-hybridized carbons (Fsp3) is 0.429. The minimum Gasteiger partial charge on any atom is -0.463 e. The number of rotatable bonds is 6. The summed E-state index contributed by atoms with van der Waals surface area (Å²) in [5.41, 5.74) is 1.02. The molecule has 5 nitrogen and oxygen atoms in total. The summed E-state index contributed by atoms with van der Waals surface area (Å²) in [6.45, 7) is 4.31. The van der Waals surface area contributed by atoms with E-state index in [1.807, 2.05) is 30.3 Å². The van der Waals surface area contributed by atoms with Gasteiger partial charge >= 0.3 is 12.0 Å². The number of nitrogens with one attached hydrogen (secondary N) is 2. The van der Waals surface area contributed by atoms with E-state index in [2.05, 4.69) is 10.6 Å². The van der Waals surface area contributed by atoms with Crippen LogP contribution in [0.3, 0.4) is 0 Å². The Labute approximate surface area is 113 Å². The van der Waals surface area contributed by atoms with Crippen molar-refractivity contribution in [2.75, 3.05) is 6.54 Å². The minimum absolute atomic E-state index is 0.126. The smallest absolute Gasteiger partial charge is 0.315 e. The maximum atomic E-state index is 11.4. The second kappa shape index (κ2) is 8.13.